The quantitative estimate of drug-likeness (QED) is 0.797. The van der Waals surface area contributed by atoms with Crippen molar-refractivity contribution in [2.24, 2.45) is 0 Å². The number of hydrogen-bond donors (Lipinski definition) is 1. The number of hydrogen-bond acceptors (Lipinski definition) is 4. The van der Waals surface area contributed by atoms with E-state index in [1.165, 1.54) is 6.20 Å². The van der Waals surface area contributed by atoms with Gasteiger partial charge in [0.1, 0.15) is 11.5 Å². The average molecular weight is 295 g/mol. The predicted molar refractivity (Wildman–Crippen MR) is 83.6 cm³/mol. The molecule has 0 spiro atoms. The smallest absolute Gasteiger partial charge is 0.271 e. The molecule has 0 aliphatic carbocycles. The lowest BCUT2D eigenvalue weighted by Crippen LogP contribution is -2.28. The molecule has 1 N–H and O–H groups in total. The number of carbonyl (C=O) groups excluding carboxylic acids is 1. The second kappa shape index (κ2) is 5.93. The number of aromatic nitrogens is 4. The van der Waals surface area contributed by atoms with Gasteiger partial charge in [-0.3, -0.25) is 9.78 Å². The maximum absolute atomic E-state index is 12.0. The largest absolute Gasteiger partial charge is 0.349 e. The van der Waals surface area contributed by atoms with Gasteiger partial charge in [0.25, 0.3) is 5.91 Å². The third-order valence-corrected chi connectivity index (χ3v) is 3.48. The maximum atomic E-state index is 12.0. The highest BCUT2D eigenvalue weighted by atomic mass is 16.1. The summed E-state index contributed by atoms with van der Waals surface area (Å²) in [6.07, 6.45) is 3.07. The molecule has 22 heavy (non-hydrogen) atoms. The zero-order chi connectivity index (χ0) is 15.5. The van der Waals surface area contributed by atoms with Gasteiger partial charge in [0.2, 0.25) is 0 Å². The number of fused-ring (bicyclic) bond motifs is 1. The van der Waals surface area contributed by atoms with Crippen LogP contribution in [0.25, 0.3) is 11.0 Å². The summed E-state index contributed by atoms with van der Waals surface area (Å²) >= 11 is 0. The number of para-hydroxylation sites is 2. The van der Waals surface area contributed by atoms with Gasteiger partial charge < -0.3 is 9.88 Å². The third kappa shape index (κ3) is 2.81. The van der Waals surface area contributed by atoms with Gasteiger partial charge in [-0.25, -0.2) is 9.97 Å². The molecule has 112 valence electrons. The van der Waals surface area contributed by atoms with Crippen molar-refractivity contribution in [1.29, 1.82) is 0 Å². The van der Waals surface area contributed by atoms with Gasteiger partial charge >= 0.3 is 0 Å². The lowest BCUT2D eigenvalue weighted by Gasteiger charge is -2.08. The molecule has 0 fully saturated rings. The molecule has 1 amide bonds. The summed E-state index contributed by atoms with van der Waals surface area (Å²) in [4.78, 5) is 24.6. The summed E-state index contributed by atoms with van der Waals surface area (Å²) < 4.78 is 2.09. The number of amides is 1. The monoisotopic (exact) mass is 295 g/mol. The van der Waals surface area contributed by atoms with Crippen LogP contribution in [0.15, 0.2) is 36.7 Å². The Morgan fingerprint density at radius 2 is 2.00 bits per heavy atom. The minimum absolute atomic E-state index is 0.213. The molecule has 3 aromatic rings. The average Bonchev–Trinajstić information content (AvgIpc) is 2.84. The van der Waals surface area contributed by atoms with Crippen LogP contribution in [0.2, 0.25) is 0 Å². The van der Waals surface area contributed by atoms with Crippen molar-refractivity contribution >= 4 is 16.9 Å². The molecule has 0 atom stereocenters. The Morgan fingerprint density at radius 1 is 1.18 bits per heavy atom. The van der Waals surface area contributed by atoms with Crippen molar-refractivity contribution in [2.75, 3.05) is 6.54 Å². The van der Waals surface area contributed by atoms with Gasteiger partial charge in [0.05, 0.1) is 22.9 Å². The molecule has 0 saturated carbocycles. The predicted octanol–water partition coefficient (Wildman–Crippen LogP) is 1.87. The van der Waals surface area contributed by atoms with Gasteiger partial charge in [-0.05, 0) is 26.0 Å². The Balaban J connectivity index is 1.66. The third-order valence-electron chi connectivity index (χ3n) is 3.48. The van der Waals surface area contributed by atoms with E-state index in [0.717, 1.165) is 22.6 Å². The van der Waals surface area contributed by atoms with E-state index in [9.17, 15) is 4.79 Å². The molecule has 0 aliphatic rings. The molecule has 6 nitrogen and oxygen atoms in total. The second-order valence-corrected chi connectivity index (χ2v) is 5.10. The minimum Gasteiger partial charge on any atom is -0.349 e. The topological polar surface area (TPSA) is 72.7 Å². The molecule has 1 aromatic carbocycles. The minimum atomic E-state index is -0.213. The molecule has 6 heteroatoms. The first kappa shape index (κ1) is 14.2. The van der Waals surface area contributed by atoms with E-state index in [0.29, 0.717) is 18.8 Å². The number of rotatable bonds is 4. The van der Waals surface area contributed by atoms with Crippen LogP contribution in [0.1, 0.15) is 22.0 Å². The molecular weight excluding hydrogens is 278 g/mol. The summed E-state index contributed by atoms with van der Waals surface area (Å²) in [5, 5.41) is 2.86. The molecule has 3 rings (SSSR count). The lowest BCUT2D eigenvalue weighted by atomic mass is 10.3. The van der Waals surface area contributed by atoms with Gasteiger partial charge in [-0.15, -0.1) is 0 Å². The molecule has 0 aliphatic heterocycles. The van der Waals surface area contributed by atoms with E-state index >= 15 is 0 Å². The van der Waals surface area contributed by atoms with Gasteiger partial charge in [0, 0.05) is 19.3 Å². The first-order valence-corrected chi connectivity index (χ1v) is 7.14. The normalized spacial score (nSPS) is 10.8. The highest BCUT2D eigenvalue weighted by Gasteiger charge is 2.09. The fourth-order valence-electron chi connectivity index (χ4n) is 2.36. The van der Waals surface area contributed by atoms with Crippen LogP contribution in [0.4, 0.5) is 0 Å². The van der Waals surface area contributed by atoms with Gasteiger partial charge in [-0.2, -0.15) is 0 Å². The van der Waals surface area contributed by atoms with E-state index in [2.05, 4.69) is 24.8 Å². The van der Waals surface area contributed by atoms with Crippen molar-refractivity contribution in [3.05, 3.63) is 53.9 Å². The van der Waals surface area contributed by atoms with E-state index in [-0.39, 0.29) is 5.91 Å². The fraction of sp³-hybridized carbons (Fsp3) is 0.250. The molecular formula is C16H17N5O. The molecule has 0 saturated heterocycles. The van der Waals surface area contributed by atoms with E-state index in [4.69, 9.17) is 0 Å². The van der Waals surface area contributed by atoms with Crippen LogP contribution in [-0.4, -0.2) is 32.0 Å². The summed E-state index contributed by atoms with van der Waals surface area (Å²) in [7, 11) is 0. The number of benzene rings is 1. The van der Waals surface area contributed by atoms with Crippen LogP contribution < -0.4 is 5.32 Å². The van der Waals surface area contributed by atoms with Crippen molar-refractivity contribution in [3.63, 3.8) is 0 Å². The van der Waals surface area contributed by atoms with Crippen molar-refractivity contribution in [2.45, 2.75) is 20.4 Å². The highest BCUT2D eigenvalue weighted by Crippen LogP contribution is 2.14. The van der Waals surface area contributed by atoms with E-state index in [1.807, 2.05) is 38.1 Å². The Labute approximate surface area is 128 Å². The second-order valence-electron chi connectivity index (χ2n) is 5.10. The summed E-state index contributed by atoms with van der Waals surface area (Å²) in [6.45, 7) is 4.97. The fourth-order valence-corrected chi connectivity index (χ4v) is 2.36. The first-order chi connectivity index (χ1) is 10.6. The number of imidazole rings is 1. The SMILES string of the molecule is Cc1cnc(C(=O)NCCn2c(C)nc3ccccc32)cn1. The Hall–Kier alpha value is -2.76. The zero-order valence-corrected chi connectivity index (χ0v) is 12.6. The van der Waals surface area contributed by atoms with Crippen molar-refractivity contribution < 1.29 is 4.79 Å². The number of carbonyl (C=O) groups is 1. The van der Waals surface area contributed by atoms with Crippen molar-refractivity contribution in [1.82, 2.24) is 24.8 Å². The maximum Gasteiger partial charge on any atom is 0.271 e. The number of aryl methyl sites for hydroxylation is 2. The van der Waals surface area contributed by atoms with Crippen LogP contribution >= 0.6 is 0 Å². The van der Waals surface area contributed by atoms with E-state index in [1.54, 1.807) is 6.20 Å². The Morgan fingerprint density at radius 3 is 2.77 bits per heavy atom. The Kier molecular flexibility index (Phi) is 3.82. The van der Waals surface area contributed by atoms with Gasteiger partial charge in [0.15, 0.2) is 0 Å². The molecule has 2 heterocycles. The first-order valence-electron chi connectivity index (χ1n) is 7.14. The highest BCUT2D eigenvalue weighted by molar-refractivity contribution is 5.91. The summed E-state index contributed by atoms with van der Waals surface area (Å²) in [6, 6.07) is 7.97. The number of nitrogens with zero attached hydrogens (tertiary/aromatic N) is 4. The van der Waals surface area contributed by atoms with Crippen LogP contribution in [0.5, 0.6) is 0 Å². The van der Waals surface area contributed by atoms with E-state index < -0.39 is 0 Å². The van der Waals surface area contributed by atoms with Crippen LogP contribution in [0.3, 0.4) is 0 Å². The lowest BCUT2D eigenvalue weighted by molar-refractivity contribution is 0.0947. The van der Waals surface area contributed by atoms with Crippen molar-refractivity contribution in [3.8, 4) is 0 Å². The van der Waals surface area contributed by atoms with Crippen LogP contribution in [0, 0.1) is 13.8 Å². The standard InChI is InChI=1S/C16H17N5O/c1-11-9-19-14(10-18-11)16(22)17-7-8-21-12(2)20-13-5-3-4-6-15(13)21/h3-6,9-10H,7-8H2,1-2H3,(H,17,22). The molecule has 0 radical (unpaired) electrons. The molecule has 2 aromatic heterocycles. The number of nitrogens with one attached hydrogen (secondary N) is 1. The zero-order valence-electron chi connectivity index (χ0n) is 12.6. The molecule has 0 bridgehead atoms. The summed E-state index contributed by atoms with van der Waals surface area (Å²) in [5.41, 5.74) is 3.16. The summed E-state index contributed by atoms with van der Waals surface area (Å²) in [5.74, 6) is 0.722. The Bertz CT molecular complexity index is 807. The molecule has 0 unspecified atom stereocenters. The van der Waals surface area contributed by atoms with Gasteiger partial charge in [-0.1, -0.05) is 12.1 Å². The van der Waals surface area contributed by atoms with Crippen LogP contribution in [-0.2, 0) is 6.54 Å².